The first-order valence-corrected chi connectivity index (χ1v) is 7.45. The van der Waals surface area contributed by atoms with Gasteiger partial charge in [0.25, 0.3) is 0 Å². The molecule has 3 nitrogen and oxygen atoms in total. The van der Waals surface area contributed by atoms with Gasteiger partial charge in [-0.05, 0) is 31.6 Å². The van der Waals surface area contributed by atoms with Crippen LogP contribution in [0.3, 0.4) is 0 Å². The molecule has 2 fully saturated rings. The van der Waals surface area contributed by atoms with E-state index >= 15 is 0 Å². The molecule has 1 aliphatic heterocycles. The molecule has 3 heteroatoms. The van der Waals surface area contributed by atoms with E-state index in [-0.39, 0.29) is 17.6 Å². The van der Waals surface area contributed by atoms with Crippen LogP contribution in [-0.2, 0) is 9.53 Å². The summed E-state index contributed by atoms with van der Waals surface area (Å²) >= 11 is 0. The van der Waals surface area contributed by atoms with Crippen molar-refractivity contribution in [2.24, 2.45) is 17.6 Å². The second-order valence-corrected chi connectivity index (χ2v) is 6.51. The summed E-state index contributed by atoms with van der Waals surface area (Å²) in [5.74, 6) is 0.946. The Morgan fingerprint density at radius 2 is 2.06 bits per heavy atom. The van der Waals surface area contributed by atoms with Crippen molar-refractivity contribution in [1.82, 2.24) is 0 Å². The van der Waals surface area contributed by atoms with Gasteiger partial charge in [-0.3, -0.25) is 4.79 Å². The highest BCUT2D eigenvalue weighted by molar-refractivity contribution is 5.81. The molecule has 0 aromatic carbocycles. The molecule has 2 rings (SSSR count). The lowest BCUT2D eigenvalue weighted by Gasteiger charge is -2.38. The second-order valence-electron chi connectivity index (χ2n) is 6.51. The van der Waals surface area contributed by atoms with Gasteiger partial charge in [-0.15, -0.1) is 0 Å². The first-order valence-electron chi connectivity index (χ1n) is 7.45. The highest BCUT2D eigenvalue weighted by Crippen LogP contribution is 2.42. The van der Waals surface area contributed by atoms with Crippen molar-refractivity contribution in [3.05, 3.63) is 0 Å². The molecular formula is C15H27NO2. The van der Waals surface area contributed by atoms with Gasteiger partial charge in [0.1, 0.15) is 5.78 Å². The number of nitrogens with two attached hydrogens (primary N) is 1. The molecule has 1 saturated carbocycles. The van der Waals surface area contributed by atoms with Gasteiger partial charge >= 0.3 is 0 Å². The standard InChI is InChI=1S/C15H27NO2/c1-11(2)13(16)9-14(17)12-5-8-18-15(10-12)6-3-4-7-15/h11-13H,3-10,16H2,1-2H3. The molecule has 1 saturated heterocycles. The van der Waals surface area contributed by atoms with Crippen molar-refractivity contribution in [1.29, 1.82) is 0 Å². The normalized spacial score (nSPS) is 28.8. The first-order chi connectivity index (χ1) is 8.52. The number of Topliss-reactive ketones (excluding diaryl/α,β-unsaturated/α-hetero) is 1. The zero-order chi connectivity index (χ0) is 13.2. The van der Waals surface area contributed by atoms with Crippen molar-refractivity contribution in [2.45, 2.75) is 70.4 Å². The average molecular weight is 253 g/mol. The number of carbonyl (C=O) groups is 1. The largest absolute Gasteiger partial charge is 0.375 e. The Bertz CT molecular complexity index is 295. The maximum atomic E-state index is 12.3. The van der Waals surface area contributed by atoms with Gasteiger partial charge in [0.05, 0.1) is 5.60 Å². The molecule has 0 amide bonds. The van der Waals surface area contributed by atoms with Crippen LogP contribution in [0.5, 0.6) is 0 Å². The van der Waals surface area contributed by atoms with E-state index in [1.54, 1.807) is 0 Å². The van der Waals surface area contributed by atoms with E-state index in [1.807, 2.05) is 0 Å². The highest BCUT2D eigenvalue weighted by atomic mass is 16.5. The molecule has 2 unspecified atom stereocenters. The molecule has 1 spiro atoms. The summed E-state index contributed by atoms with van der Waals surface area (Å²) in [4.78, 5) is 12.3. The van der Waals surface area contributed by atoms with E-state index in [2.05, 4.69) is 13.8 Å². The van der Waals surface area contributed by atoms with Crippen LogP contribution >= 0.6 is 0 Å². The van der Waals surface area contributed by atoms with Crippen molar-refractivity contribution in [3.8, 4) is 0 Å². The third-order valence-electron chi connectivity index (χ3n) is 4.76. The summed E-state index contributed by atoms with van der Waals surface area (Å²) in [6.07, 6.45) is 7.18. The predicted molar refractivity (Wildman–Crippen MR) is 72.3 cm³/mol. The monoisotopic (exact) mass is 253 g/mol. The van der Waals surface area contributed by atoms with Crippen LogP contribution in [0, 0.1) is 11.8 Å². The van der Waals surface area contributed by atoms with Gasteiger partial charge in [-0.25, -0.2) is 0 Å². The Kier molecular flexibility index (Phi) is 4.44. The summed E-state index contributed by atoms with van der Waals surface area (Å²) in [6, 6.07) is 0.0138. The van der Waals surface area contributed by atoms with Crippen molar-refractivity contribution >= 4 is 5.78 Å². The quantitative estimate of drug-likeness (QED) is 0.838. The third-order valence-corrected chi connectivity index (χ3v) is 4.76. The number of hydrogen-bond donors (Lipinski definition) is 1. The molecule has 104 valence electrons. The summed E-state index contributed by atoms with van der Waals surface area (Å²) in [7, 11) is 0. The van der Waals surface area contributed by atoms with Gasteiger partial charge in [0.15, 0.2) is 0 Å². The molecular weight excluding hydrogens is 226 g/mol. The summed E-state index contributed by atoms with van der Waals surface area (Å²) in [5, 5.41) is 0. The van der Waals surface area contributed by atoms with E-state index in [1.165, 1.54) is 12.8 Å². The Morgan fingerprint density at radius 1 is 1.39 bits per heavy atom. The van der Waals surface area contributed by atoms with E-state index in [4.69, 9.17) is 10.5 Å². The van der Waals surface area contributed by atoms with Crippen LogP contribution in [0.2, 0.25) is 0 Å². The summed E-state index contributed by atoms with van der Waals surface area (Å²) in [5.41, 5.74) is 6.06. The minimum absolute atomic E-state index is 0.0138. The maximum absolute atomic E-state index is 12.3. The van der Waals surface area contributed by atoms with Gasteiger partial charge in [-0.1, -0.05) is 26.7 Å². The average Bonchev–Trinajstić information content (AvgIpc) is 2.77. The van der Waals surface area contributed by atoms with E-state index in [0.29, 0.717) is 18.1 Å². The zero-order valence-electron chi connectivity index (χ0n) is 11.8. The molecule has 2 atom stereocenters. The van der Waals surface area contributed by atoms with Crippen LogP contribution in [0.4, 0.5) is 0 Å². The minimum Gasteiger partial charge on any atom is -0.375 e. The molecule has 2 N–H and O–H groups in total. The van der Waals surface area contributed by atoms with E-state index in [0.717, 1.165) is 32.3 Å². The number of ketones is 1. The minimum atomic E-state index is 0.0138. The fourth-order valence-corrected chi connectivity index (χ4v) is 3.31. The fraction of sp³-hybridized carbons (Fsp3) is 0.933. The molecule has 1 aliphatic carbocycles. The Labute approximate surface area is 110 Å². The molecule has 2 aliphatic rings. The molecule has 1 heterocycles. The second kappa shape index (κ2) is 5.70. The lowest BCUT2D eigenvalue weighted by Crippen LogP contribution is -2.41. The van der Waals surface area contributed by atoms with Crippen LogP contribution in [0.25, 0.3) is 0 Å². The zero-order valence-corrected chi connectivity index (χ0v) is 11.8. The lowest BCUT2D eigenvalue weighted by molar-refractivity contribution is -0.136. The number of hydrogen-bond acceptors (Lipinski definition) is 3. The van der Waals surface area contributed by atoms with Gasteiger partial charge < -0.3 is 10.5 Å². The molecule has 0 aromatic rings. The summed E-state index contributed by atoms with van der Waals surface area (Å²) < 4.78 is 5.98. The van der Waals surface area contributed by atoms with Crippen LogP contribution < -0.4 is 5.73 Å². The SMILES string of the molecule is CC(C)C(N)CC(=O)C1CCOC2(CCCC2)C1. The third kappa shape index (κ3) is 3.12. The van der Waals surface area contributed by atoms with Crippen molar-refractivity contribution in [2.75, 3.05) is 6.61 Å². The lowest BCUT2D eigenvalue weighted by atomic mass is 9.80. The van der Waals surface area contributed by atoms with Gasteiger partial charge in [-0.2, -0.15) is 0 Å². The maximum Gasteiger partial charge on any atom is 0.137 e. The van der Waals surface area contributed by atoms with Crippen LogP contribution in [-0.4, -0.2) is 24.0 Å². The number of ether oxygens (including phenoxy) is 1. The van der Waals surface area contributed by atoms with Crippen molar-refractivity contribution in [3.63, 3.8) is 0 Å². The Balaban J connectivity index is 1.90. The van der Waals surface area contributed by atoms with Crippen molar-refractivity contribution < 1.29 is 9.53 Å². The number of carbonyl (C=O) groups excluding carboxylic acids is 1. The van der Waals surface area contributed by atoms with Crippen LogP contribution in [0.1, 0.15) is 58.8 Å². The van der Waals surface area contributed by atoms with Crippen LogP contribution in [0.15, 0.2) is 0 Å². The van der Waals surface area contributed by atoms with Gasteiger partial charge in [0, 0.05) is 25.0 Å². The first kappa shape index (κ1) is 14.0. The highest BCUT2D eigenvalue weighted by Gasteiger charge is 2.41. The van der Waals surface area contributed by atoms with E-state index < -0.39 is 0 Å². The predicted octanol–water partition coefficient (Wildman–Crippen LogP) is 2.67. The molecule has 0 bridgehead atoms. The van der Waals surface area contributed by atoms with E-state index in [9.17, 15) is 4.79 Å². The number of rotatable bonds is 4. The molecule has 0 aromatic heterocycles. The Hall–Kier alpha value is -0.410. The molecule has 18 heavy (non-hydrogen) atoms. The summed E-state index contributed by atoms with van der Waals surface area (Å²) in [6.45, 7) is 4.92. The topological polar surface area (TPSA) is 52.3 Å². The smallest absolute Gasteiger partial charge is 0.137 e. The Morgan fingerprint density at radius 3 is 2.67 bits per heavy atom. The molecule has 0 radical (unpaired) electrons. The fourth-order valence-electron chi connectivity index (χ4n) is 3.31. The van der Waals surface area contributed by atoms with Gasteiger partial charge in [0.2, 0.25) is 0 Å².